The number of aromatic nitrogens is 2. The molecule has 124 valence electrons. The van der Waals surface area contributed by atoms with Gasteiger partial charge in [0, 0.05) is 32.0 Å². The van der Waals surface area contributed by atoms with Crippen molar-refractivity contribution in [3.63, 3.8) is 0 Å². The third-order valence-electron chi connectivity index (χ3n) is 3.91. The van der Waals surface area contributed by atoms with Crippen molar-refractivity contribution in [3.05, 3.63) is 45.7 Å². The van der Waals surface area contributed by atoms with E-state index in [1.165, 1.54) is 11.3 Å². The first kappa shape index (κ1) is 17.8. The summed E-state index contributed by atoms with van der Waals surface area (Å²) in [6.45, 7) is 6.27. The Morgan fingerprint density at radius 1 is 1.52 bits per heavy atom. The molecule has 1 atom stereocenters. The molecule has 0 radical (unpaired) electrons. The Balaban J connectivity index is 0.00000192. The summed E-state index contributed by atoms with van der Waals surface area (Å²) in [4.78, 5) is 24.4. The number of hydrogen-bond acceptors (Lipinski definition) is 5. The molecule has 23 heavy (non-hydrogen) atoms. The van der Waals surface area contributed by atoms with Gasteiger partial charge in [0.05, 0.1) is 16.7 Å². The summed E-state index contributed by atoms with van der Waals surface area (Å²) in [5.74, 6) is 0.0880. The number of nitrogens with zero attached hydrogens (tertiary/aromatic N) is 3. The van der Waals surface area contributed by atoms with Gasteiger partial charge >= 0.3 is 0 Å². The summed E-state index contributed by atoms with van der Waals surface area (Å²) in [6, 6.07) is 3.98. The van der Waals surface area contributed by atoms with Crippen LogP contribution in [0.25, 0.3) is 0 Å². The van der Waals surface area contributed by atoms with Gasteiger partial charge in [-0.2, -0.15) is 0 Å². The molecular formula is C16H21ClN4OS. The number of carbonyl (C=O) groups is 1. The lowest BCUT2D eigenvalue weighted by Crippen LogP contribution is -2.48. The summed E-state index contributed by atoms with van der Waals surface area (Å²) >= 11 is 1.52. The van der Waals surface area contributed by atoms with Crippen molar-refractivity contribution in [2.45, 2.75) is 26.3 Å². The van der Waals surface area contributed by atoms with E-state index in [9.17, 15) is 4.79 Å². The highest BCUT2D eigenvalue weighted by Crippen LogP contribution is 2.27. The van der Waals surface area contributed by atoms with Crippen molar-refractivity contribution in [2.24, 2.45) is 0 Å². The van der Waals surface area contributed by atoms with E-state index in [1.807, 2.05) is 30.2 Å². The number of amides is 1. The van der Waals surface area contributed by atoms with Crippen LogP contribution >= 0.6 is 23.7 Å². The highest BCUT2D eigenvalue weighted by Gasteiger charge is 2.30. The first-order valence-corrected chi connectivity index (χ1v) is 8.40. The molecule has 0 bridgehead atoms. The minimum Gasteiger partial charge on any atom is -0.328 e. The number of piperazine rings is 1. The normalized spacial score (nSPS) is 17.7. The lowest BCUT2D eigenvalue weighted by atomic mass is 10.0. The van der Waals surface area contributed by atoms with Gasteiger partial charge in [0.2, 0.25) is 0 Å². The number of nitrogens with one attached hydrogen (secondary N) is 1. The molecule has 7 heteroatoms. The lowest BCUT2D eigenvalue weighted by Gasteiger charge is -2.36. The molecule has 1 unspecified atom stereocenters. The summed E-state index contributed by atoms with van der Waals surface area (Å²) in [5.41, 5.74) is 1.91. The molecule has 1 N–H and O–H groups in total. The zero-order valence-electron chi connectivity index (χ0n) is 13.3. The van der Waals surface area contributed by atoms with Gasteiger partial charge in [-0.15, -0.1) is 23.7 Å². The monoisotopic (exact) mass is 352 g/mol. The van der Waals surface area contributed by atoms with Crippen molar-refractivity contribution in [1.82, 2.24) is 20.2 Å². The topological polar surface area (TPSA) is 58.1 Å². The first-order valence-electron chi connectivity index (χ1n) is 7.58. The van der Waals surface area contributed by atoms with Gasteiger partial charge in [0.15, 0.2) is 0 Å². The summed E-state index contributed by atoms with van der Waals surface area (Å²) in [6.07, 6.45) is 4.47. The number of thiazole rings is 1. The van der Waals surface area contributed by atoms with Crippen LogP contribution in [0.5, 0.6) is 0 Å². The predicted molar refractivity (Wildman–Crippen MR) is 94.4 cm³/mol. The molecule has 1 amide bonds. The van der Waals surface area contributed by atoms with Crippen LogP contribution in [-0.2, 0) is 6.42 Å². The van der Waals surface area contributed by atoms with E-state index in [0.717, 1.165) is 40.7 Å². The standard InChI is InChI=1S/C16H20N4OS.ClH/c1-3-14-19-11(2)15(22-14)16(21)20-8-7-18-10-13(20)12-5-4-6-17-9-12;/h4-6,9,13,18H,3,7-8,10H2,1-2H3;1H. The van der Waals surface area contributed by atoms with E-state index < -0.39 is 0 Å². The number of rotatable bonds is 3. The second kappa shape index (κ2) is 7.86. The Bertz CT molecular complexity index is 661. The van der Waals surface area contributed by atoms with Crippen LogP contribution in [0.15, 0.2) is 24.5 Å². The largest absolute Gasteiger partial charge is 0.328 e. The molecule has 5 nitrogen and oxygen atoms in total. The van der Waals surface area contributed by atoms with Crippen molar-refractivity contribution in [1.29, 1.82) is 0 Å². The maximum Gasteiger partial charge on any atom is 0.266 e. The van der Waals surface area contributed by atoms with Gasteiger partial charge in [-0.1, -0.05) is 13.0 Å². The average Bonchev–Trinajstić information content (AvgIpc) is 2.96. The summed E-state index contributed by atoms with van der Waals surface area (Å²) < 4.78 is 0. The average molecular weight is 353 g/mol. The van der Waals surface area contributed by atoms with Gasteiger partial charge in [0.1, 0.15) is 4.88 Å². The highest BCUT2D eigenvalue weighted by molar-refractivity contribution is 7.13. The fourth-order valence-electron chi connectivity index (χ4n) is 2.75. The second-order valence-electron chi connectivity index (χ2n) is 5.38. The first-order chi connectivity index (χ1) is 10.7. The molecule has 1 fully saturated rings. The molecule has 1 saturated heterocycles. The van der Waals surface area contributed by atoms with Crippen molar-refractivity contribution in [2.75, 3.05) is 19.6 Å². The third-order valence-corrected chi connectivity index (χ3v) is 5.20. The van der Waals surface area contributed by atoms with Crippen LogP contribution in [0.1, 0.15) is 38.9 Å². The number of carbonyl (C=O) groups excluding carboxylic acids is 1. The Hall–Kier alpha value is -1.50. The smallest absolute Gasteiger partial charge is 0.266 e. The van der Waals surface area contributed by atoms with E-state index in [1.54, 1.807) is 6.20 Å². The highest BCUT2D eigenvalue weighted by atomic mass is 35.5. The maximum atomic E-state index is 13.0. The van der Waals surface area contributed by atoms with Crippen LogP contribution in [0, 0.1) is 6.92 Å². The second-order valence-corrected chi connectivity index (χ2v) is 6.46. The number of halogens is 1. The third kappa shape index (κ3) is 3.71. The fraction of sp³-hybridized carbons (Fsp3) is 0.438. The van der Waals surface area contributed by atoms with Crippen molar-refractivity contribution < 1.29 is 4.79 Å². The van der Waals surface area contributed by atoms with Crippen molar-refractivity contribution in [3.8, 4) is 0 Å². The molecule has 0 spiro atoms. The van der Waals surface area contributed by atoms with E-state index in [-0.39, 0.29) is 24.4 Å². The van der Waals surface area contributed by atoms with Gasteiger partial charge in [0.25, 0.3) is 5.91 Å². The Kier molecular flexibility index (Phi) is 6.10. The van der Waals surface area contributed by atoms with Gasteiger partial charge in [-0.05, 0) is 25.0 Å². The van der Waals surface area contributed by atoms with Gasteiger partial charge in [-0.3, -0.25) is 9.78 Å². The number of pyridine rings is 1. The van der Waals surface area contributed by atoms with Gasteiger partial charge < -0.3 is 10.2 Å². The molecule has 0 aromatic carbocycles. The minimum atomic E-state index is 0. The zero-order chi connectivity index (χ0) is 15.5. The number of aryl methyl sites for hydroxylation is 2. The number of hydrogen-bond donors (Lipinski definition) is 1. The maximum absolute atomic E-state index is 13.0. The van der Waals surface area contributed by atoms with Crippen LogP contribution < -0.4 is 5.32 Å². The van der Waals surface area contributed by atoms with Crippen molar-refractivity contribution >= 4 is 29.7 Å². The van der Waals surface area contributed by atoms with Crippen LogP contribution in [0.3, 0.4) is 0 Å². The molecule has 3 heterocycles. The molecule has 1 aliphatic heterocycles. The molecule has 1 aliphatic rings. The quantitative estimate of drug-likeness (QED) is 0.922. The SMILES string of the molecule is CCc1nc(C)c(C(=O)N2CCNCC2c2cccnc2)s1.Cl. The summed E-state index contributed by atoms with van der Waals surface area (Å²) in [7, 11) is 0. The molecule has 2 aromatic heterocycles. The summed E-state index contributed by atoms with van der Waals surface area (Å²) in [5, 5.41) is 4.39. The molecule has 2 aromatic rings. The Morgan fingerprint density at radius 2 is 2.35 bits per heavy atom. The van der Waals surface area contributed by atoms with E-state index in [0.29, 0.717) is 6.54 Å². The molecular weight excluding hydrogens is 332 g/mol. The van der Waals surface area contributed by atoms with E-state index in [2.05, 4.69) is 22.2 Å². The Morgan fingerprint density at radius 3 is 3.00 bits per heavy atom. The molecule has 0 saturated carbocycles. The minimum absolute atomic E-state index is 0. The van der Waals surface area contributed by atoms with Crippen LogP contribution in [0.2, 0.25) is 0 Å². The van der Waals surface area contributed by atoms with Crippen LogP contribution in [-0.4, -0.2) is 40.4 Å². The van der Waals surface area contributed by atoms with E-state index >= 15 is 0 Å². The Labute approximate surface area is 146 Å². The zero-order valence-corrected chi connectivity index (χ0v) is 14.9. The van der Waals surface area contributed by atoms with E-state index in [4.69, 9.17) is 0 Å². The predicted octanol–water partition coefficient (Wildman–Crippen LogP) is 2.62. The molecule has 0 aliphatic carbocycles. The molecule has 3 rings (SSSR count). The van der Waals surface area contributed by atoms with Crippen LogP contribution in [0.4, 0.5) is 0 Å². The fourth-order valence-corrected chi connectivity index (χ4v) is 3.71. The lowest BCUT2D eigenvalue weighted by molar-refractivity contribution is 0.0638. The van der Waals surface area contributed by atoms with Gasteiger partial charge in [-0.25, -0.2) is 4.98 Å².